The van der Waals surface area contributed by atoms with E-state index >= 15 is 0 Å². The van der Waals surface area contributed by atoms with Crippen LogP contribution in [0.15, 0.2) is 115 Å². The van der Waals surface area contributed by atoms with Crippen LogP contribution in [0.5, 0.6) is 0 Å². The van der Waals surface area contributed by atoms with Crippen molar-refractivity contribution in [2.24, 2.45) is 0 Å². The molecular formula is C32H22N2S. The second-order valence-electron chi connectivity index (χ2n) is 8.91. The Morgan fingerprint density at radius 1 is 0.657 bits per heavy atom. The Hall–Kier alpha value is -4.21. The number of hydrogen-bond donors (Lipinski definition) is 0. The number of thiophene rings is 1. The summed E-state index contributed by atoms with van der Waals surface area (Å²) in [5.74, 6) is 0.965. The third-order valence-electron chi connectivity index (χ3n) is 6.75. The lowest BCUT2D eigenvalue weighted by Gasteiger charge is -2.12. The van der Waals surface area contributed by atoms with Crippen molar-refractivity contribution in [3.05, 3.63) is 121 Å². The van der Waals surface area contributed by atoms with Gasteiger partial charge in [0.2, 0.25) is 0 Å². The predicted molar refractivity (Wildman–Crippen MR) is 150 cm³/mol. The van der Waals surface area contributed by atoms with Crippen LogP contribution in [0.4, 0.5) is 0 Å². The molecule has 5 aromatic carbocycles. The first kappa shape index (κ1) is 20.2. The van der Waals surface area contributed by atoms with E-state index in [9.17, 15) is 0 Å². The molecule has 2 heterocycles. The lowest BCUT2D eigenvalue weighted by atomic mass is 9.96. The van der Waals surface area contributed by atoms with Gasteiger partial charge in [0.15, 0.2) is 0 Å². The molecule has 0 bridgehead atoms. The van der Waals surface area contributed by atoms with Crippen molar-refractivity contribution in [2.45, 2.75) is 6.92 Å². The van der Waals surface area contributed by atoms with Gasteiger partial charge in [-0.25, -0.2) is 4.98 Å². The number of hydrogen-bond acceptors (Lipinski definition) is 2. The van der Waals surface area contributed by atoms with Crippen LogP contribution >= 0.6 is 11.3 Å². The fourth-order valence-electron chi connectivity index (χ4n) is 5.12. The van der Waals surface area contributed by atoms with Crippen molar-refractivity contribution < 1.29 is 0 Å². The van der Waals surface area contributed by atoms with Gasteiger partial charge in [-0.05, 0) is 60.0 Å². The largest absolute Gasteiger partial charge is 0.292 e. The number of nitrogens with zero attached hydrogens (tertiary/aromatic N) is 2. The van der Waals surface area contributed by atoms with E-state index in [0.717, 1.165) is 28.1 Å². The summed E-state index contributed by atoms with van der Waals surface area (Å²) in [5.41, 5.74) is 8.17. The average Bonchev–Trinajstić information content (AvgIpc) is 3.48. The minimum Gasteiger partial charge on any atom is -0.292 e. The highest BCUT2D eigenvalue weighted by Crippen LogP contribution is 2.41. The van der Waals surface area contributed by atoms with Gasteiger partial charge in [0.1, 0.15) is 5.82 Å². The molecule has 0 aliphatic carbocycles. The van der Waals surface area contributed by atoms with Gasteiger partial charge in [-0.15, -0.1) is 11.3 Å². The maximum Gasteiger partial charge on any atom is 0.145 e. The van der Waals surface area contributed by atoms with Crippen LogP contribution in [0.3, 0.4) is 0 Å². The van der Waals surface area contributed by atoms with E-state index < -0.39 is 0 Å². The quantitative estimate of drug-likeness (QED) is 0.254. The molecule has 3 heteroatoms. The molecule has 2 nitrogen and oxygen atoms in total. The van der Waals surface area contributed by atoms with Crippen molar-refractivity contribution in [1.82, 2.24) is 9.55 Å². The summed E-state index contributed by atoms with van der Waals surface area (Å²) < 4.78 is 4.94. The maximum atomic E-state index is 5.05. The summed E-state index contributed by atoms with van der Waals surface area (Å²) in [6.45, 7) is 2.21. The van der Waals surface area contributed by atoms with Gasteiger partial charge < -0.3 is 0 Å². The molecule has 7 aromatic rings. The third-order valence-corrected chi connectivity index (χ3v) is 7.97. The zero-order chi connectivity index (χ0) is 23.4. The highest BCUT2D eigenvalue weighted by atomic mass is 32.1. The van der Waals surface area contributed by atoms with Crippen LogP contribution in [0.25, 0.3) is 59.4 Å². The van der Waals surface area contributed by atoms with E-state index in [1.54, 1.807) is 0 Å². The van der Waals surface area contributed by atoms with Gasteiger partial charge in [-0.2, -0.15) is 0 Å². The summed E-state index contributed by atoms with van der Waals surface area (Å²) in [7, 11) is 0. The van der Waals surface area contributed by atoms with Crippen molar-refractivity contribution in [3.8, 4) is 28.2 Å². The van der Waals surface area contributed by atoms with Gasteiger partial charge >= 0.3 is 0 Å². The molecule has 0 saturated carbocycles. The molecule has 0 N–H and O–H groups in total. The molecule has 0 aliphatic heterocycles. The normalized spacial score (nSPS) is 11.6. The highest BCUT2D eigenvalue weighted by Gasteiger charge is 2.16. The highest BCUT2D eigenvalue weighted by molar-refractivity contribution is 7.26. The van der Waals surface area contributed by atoms with Crippen LogP contribution in [0, 0.1) is 6.92 Å². The third kappa shape index (κ3) is 3.20. The Morgan fingerprint density at radius 3 is 2.31 bits per heavy atom. The topological polar surface area (TPSA) is 17.8 Å². The van der Waals surface area contributed by atoms with E-state index in [4.69, 9.17) is 4.98 Å². The average molecular weight is 467 g/mol. The van der Waals surface area contributed by atoms with E-state index in [2.05, 4.69) is 127 Å². The summed E-state index contributed by atoms with van der Waals surface area (Å²) >= 11 is 1.88. The molecule has 0 atom stereocenters. The second kappa shape index (κ2) is 7.93. The Morgan fingerprint density at radius 2 is 1.43 bits per heavy atom. The molecule has 0 aliphatic rings. The van der Waals surface area contributed by atoms with Crippen molar-refractivity contribution in [2.75, 3.05) is 0 Å². The van der Waals surface area contributed by atoms with Crippen LogP contribution in [-0.2, 0) is 0 Å². The minimum atomic E-state index is 0.965. The van der Waals surface area contributed by atoms with Crippen molar-refractivity contribution >= 4 is 42.5 Å². The number of rotatable bonds is 3. The first-order chi connectivity index (χ1) is 17.3. The molecule has 0 spiro atoms. The van der Waals surface area contributed by atoms with Gasteiger partial charge in [-0.1, -0.05) is 78.9 Å². The number of aryl methyl sites for hydroxylation is 1. The van der Waals surface area contributed by atoms with Crippen molar-refractivity contribution in [1.29, 1.82) is 0 Å². The molecular weight excluding hydrogens is 444 g/mol. The van der Waals surface area contributed by atoms with E-state index in [1.807, 2.05) is 11.3 Å². The van der Waals surface area contributed by atoms with E-state index in [-0.39, 0.29) is 0 Å². The molecule has 2 aromatic heterocycles. The molecule has 0 fully saturated rings. The number of benzene rings is 5. The molecule has 166 valence electrons. The molecule has 0 amide bonds. The summed E-state index contributed by atoms with van der Waals surface area (Å²) in [6, 6.07) is 41.0. The second-order valence-corrected chi connectivity index (χ2v) is 9.96. The fourth-order valence-corrected chi connectivity index (χ4v) is 6.35. The zero-order valence-electron chi connectivity index (χ0n) is 19.3. The number of para-hydroxylation sites is 3. The van der Waals surface area contributed by atoms with Crippen molar-refractivity contribution in [3.63, 3.8) is 0 Å². The van der Waals surface area contributed by atoms with Crippen LogP contribution in [0.1, 0.15) is 5.56 Å². The summed E-state index contributed by atoms with van der Waals surface area (Å²) in [6.07, 6.45) is 0. The van der Waals surface area contributed by atoms with Gasteiger partial charge in [0.25, 0.3) is 0 Å². The number of fused-ring (bicyclic) bond motifs is 4. The van der Waals surface area contributed by atoms with Gasteiger partial charge in [0.05, 0.1) is 11.0 Å². The molecule has 35 heavy (non-hydrogen) atoms. The summed E-state index contributed by atoms with van der Waals surface area (Å²) in [5, 5.41) is 2.66. The first-order valence-corrected chi connectivity index (χ1v) is 12.6. The lowest BCUT2D eigenvalue weighted by Crippen LogP contribution is -1.97. The summed E-state index contributed by atoms with van der Waals surface area (Å²) in [4.78, 5) is 5.05. The smallest absolute Gasteiger partial charge is 0.145 e. The predicted octanol–water partition coefficient (Wildman–Crippen LogP) is 9.04. The minimum absolute atomic E-state index is 0.965. The molecule has 0 unspecified atom stereocenters. The zero-order valence-corrected chi connectivity index (χ0v) is 20.1. The molecule has 7 rings (SSSR count). The Kier molecular flexibility index (Phi) is 4.58. The van der Waals surface area contributed by atoms with Gasteiger partial charge in [-0.3, -0.25) is 4.57 Å². The maximum absolute atomic E-state index is 5.05. The number of imidazole rings is 1. The van der Waals surface area contributed by atoms with E-state index in [1.165, 1.54) is 36.9 Å². The Labute approximate surface area is 207 Å². The SMILES string of the molecule is Cc1cc(-c2nc3ccccc3n2-c2ccccc2)ccc1-c1cccc2c1sc1ccccc12. The Balaban J connectivity index is 1.42. The Bertz CT molecular complexity index is 1860. The standard InChI is InChI=1S/C32H22N2S/c1-21-20-22(32-33-28-15-6-7-16-29(28)34(32)23-10-3-2-4-11-23)18-19-24(21)26-13-9-14-27-25-12-5-8-17-30(25)35-31(26)27/h2-20H,1H3. The van der Waals surface area contributed by atoms with Crippen LogP contribution in [-0.4, -0.2) is 9.55 Å². The first-order valence-electron chi connectivity index (χ1n) is 11.8. The fraction of sp³-hybridized carbons (Fsp3) is 0.0312. The lowest BCUT2D eigenvalue weighted by molar-refractivity contribution is 1.10. The van der Waals surface area contributed by atoms with E-state index in [0.29, 0.717) is 0 Å². The van der Waals surface area contributed by atoms with Gasteiger partial charge in [0, 0.05) is 31.4 Å². The molecule has 0 saturated heterocycles. The number of aromatic nitrogens is 2. The van der Waals surface area contributed by atoms with Crippen LogP contribution < -0.4 is 0 Å². The monoisotopic (exact) mass is 466 g/mol. The van der Waals surface area contributed by atoms with Crippen LogP contribution in [0.2, 0.25) is 0 Å². The molecule has 0 radical (unpaired) electrons.